The number of carbonyl (C=O) groups excluding carboxylic acids is 1. The maximum Gasteiger partial charge on any atom is 0.141 e. The molecule has 34 heavy (non-hydrogen) atoms. The van der Waals surface area contributed by atoms with Gasteiger partial charge in [0.15, 0.2) is 0 Å². The number of aliphatic hydroxyl groups is 3. The molecule has 4 fully saturated rings. The molecule has 4 aliphatic carbocycles. The fraction of sp³-hybridized carbons (Fsp3) is 0.900. The smallest absolute Gasteiger partial charge is 0.141 e. The SMILES string of the molecule is CC(C)=CCC[C@](C)(O)[C@H]1CC[C@]2(C)[C@@H]1[C@H](O)C[C@@H]1[C@@]3(C)[C@H](O)CC(=O)C(C)(C)[C@@H]3CC[C@]12C. The molecular weight excluding hydrogens is 424 g/mol. The summed E-state index contributed by atoms with van der Waals surface area (Å²) in [5.41, 5.74) is -0.492. The summed E-state index contributed by atoms with van der Waals surface area (Å²) in [7, 11) is 0. The second kappa shape index (κ2) is 8.15. The van der Waals surface area contributed by atoms with Crippen LogP contribution < -0.4 is 0 Å². The molecule has 0 aromatic heterocycles. The van der Waals surface area contributed by atoms with Crippen molar-refractivity contribution >= 4 is 5.78 Å². The Balaban J connectivity index is 1.70. The molecular formula is C30H50O4. The molecule has 4 heteroatoms. The van der Waals surface area contributed by atoms with Crippen LogP contribution in [0, 0.1) is 45.3 Å². The van der Waals surface area contributed by atoms with Gasteiger partial charge in [-0.3, -0.25) is 4.79 Å². The average Bonchev–Trinajstić information content (AvgIpc) is 3.09. The molecule has 0 spiro atoms. The zero-order chi connectivity index (χ0) is 25.5. The van der Waals surface area contributed by atoms with Crippen molar-refractivity contribution < 1.29 is 20.1 Å². The molecule has 0 saturated heterocycles. The van der Waals surface area contributed by atoms with E-state index in [1.165, 1.54) is 5.57 Å². The van der Waals surface area contributed by atoms with Gasteiger partial charge in [0.05, 0.1) is 17.8 Å². The summed E-state index contributed by atoms with van der Waals surface area (Å²) in [6.45, 7) is 17.3. The van der Waals surface area contributed by atoms with Crippen molar-refractivity contribution in [1.82, 2.24) is 0 Å². The van der Waals surface area contributed by atoms with E-state index in [9.17, 15) is 20.1 Å². The molecule has 0 aromatic carbocycles. The highest BCUT2D eigenvalue weighted by Gasteiger charge is 2.72. The number of allylic oxidation sites excluding steroid dienone is 2. The van der Waals surface area contributed by atoms with Crippen LogP contribution in [0.15, 0.2) is 11.6 Å². The minimum Gasteiger partial charge on any atom is -0.393 e. The Morgan fingerprint density at radius 3 is 2.26 bits per heavy atom. The predicted octanol–water partition coefficient (Wildman–Crippen LogP) is 5.68. The zero-order valence-electron chi connectivity index (χ0n) is 22.9. The standard InChI is InChI=1S/C30H50O4/c1-18(2)10-9-13-29(7,34)19-11-14-28(6)25(19)20(31)16-22-27(28,5)15-12-21-26(3,4)23(32)17-24(33)30(21,22)8/h10,19-22,24-25,31,33-34H,9,11-17H2,1-8H3/t19-,20+,21-,22-,24+,25-,27+,28+,29-,30-/m0/s1. The second-order valence-electron chi connectivity index (χ2n) is 14.4. The third kappa shape index (κ3) is 3.44. The Labute approximate surface area is 207 Å². The molecule has 10 atom stereocenters. The largest absolute Gasteiger partial charge is 0.393 e. The molecule has 0 unspecified atom stereocenters. The van der Waals surface area contributed by atoms with Crippen molar-refractivity contribution in [3.8, 4) is 0 Å². The summed E-state index contributed by atoms with van der Waals surface area (Å²) >= 11 is 0. The van der Waals surface area contributed by atoms with Crippen molar-refractivity contribution in [2.75, 3.05) is 0 Å². The molecule has 0 heterocycles. The lowest BCUT2D eigenvalue weighted by atomic mass is 9.34. The summed E-state index contributed by atoms with van der Waals surface area (Å²) in [5, 5.41) is 34.8. The Kier molecular flexibility index (Phi) is 6.32. The number of hydrogen-bond donors (Lipinski definition) is 3. The first kappa shape index (κ1) is 26.4. The monoisotopic (exact) mass is 474 g/mol. The van der Waals surface area contributed by atoms with Gasteiger partial charge >= 0.3 is 0 Å². The summed E-state index contributed by atoms with van der Waals surface area (Å²) in [4.78, 5) is 12.9. The lowest BCUT2D eigenvalue weighted by Crippen LogP contribution is -2.69. The second-order valence-corrected chi connectivity index (χ2v) is 14.4. The van der Waals surface area contributed by atoms with Crippen LogP contribution in [-0.2, 0) is 4.79 Å². The van der Waals surface area contributed by atoms with E-state index in [1.807, 2.05) is 6.92 Å². The molecule has 0 aromatic rings. The van der Waals surface area contributed by atoms with Crippen LogP contribution in [0.2, 0.25) is 0 Å². The van der Waals surface area contributed by atoms with E-state index in [0.29, 0.717) is 6.42 Å². The molecule has 4 nitrogen and oxygen atoms in total. The average molecular weight is 475 g/mol. The number of aliphatic hydroxyl groups excluding tert-OH is 2. The lowest BCUT2D eigenvalue weighted by Gasteiger charge is -2.70. The van der Waals surface area contributed by atoms with Gasteiger partial charge in [-0.25, -0.2) is 0 Å². The van der Waals surface area contributed by atoms with E-state index in [-0.39, 0.29) is 52.1 Å². The topological polar surface area (TPSA) is 77.8 Å². The molecule has 0 bridgehead atoms. The summed E-state index contributed by atoms with van der Waals surface area (Å²) in [6.07, 6.45) is 7.43. The van der Waals surface area contributed by atoms with Crippen LogP contribution in [0.4, 0.5) is 0 Å². The van der Waals surface area contributed by atoms with Crippen LogP contribution in [0.3, 0.4) is 0 Å². The van der Waals surface area contributed by atoms with Crippen molar-refractivity contribution in [2.24, 2.45) is 45.3 Å². The van der Waals surface area contributed by atoms with Crippen LogP contribution in [0.25, 0.3) is 0 Å². The van der Waals surface area contributed by atoms with Gasteiger partial charge in [0.25, 0.3) is 0 Å². The van der Waals surface area contributed by atoms with Crippen molar-refractivity contribution in [3.63, 3.8) is 0 Å². The van der Waals surface area contributed by atoms with Crippen molar-refractivity contribution in [3.05, 3.63) is 11.6 Å². The highest BCUT2D eigenvalue weighted by atomic mass is 16.3. The fourth-order valence-electron chi connectivity index (χ4n) is 10.0. The van der Waals surface area contributed by atoms with Crippen molar-refractivity contribution in [2.45, 2.75) is 125 Å². The van der Waals surface area contributed by atoms with Crippen LogP contribution >= 0.6 is 0 Å². The van der Waals surface area contributed by atoms with E-state index in [2.05, 4.69) is 54.5 Å². The normalized spacial score (nSPS) is 49.4. The number of Topliss-reactive ketones (excluding diaryl/α,β-unsaturated/α-hetero) is 1. The van der Waals surface area contributed by atoms with Gasteiger partial charge < -0.3 is 15.3 Å². The first-order chi connectivity index (χ1) is 15.5. The number of carbonyl (C=O) groups is 1. The van der Waals surface area contributed by atoms with Gasteiger partial charge in [0.2, 0.25) is 0 Å². The van der Waals surface area contributed by atoms with Gasteiger partial charge in [-0.2, -0.15) is 0 Å². The van der Waals surface area contributed by atoms with E-state index in [4.69, 9.17) is 0 Å². The van der Waals surface area contributed by atoms with Gasteiger partial charge in [-0.15, -0.1) is 0 Å². The minimum atomic E-state index is -0.807. The third-order valence-electron chi connectivity index (χ3n) is 12.3. The third-order valence-corrected chi connectivity index (χ3v) is 12.3. The van der Waals surface area contributed by atoms with Crippen LogP contribution in [0.1, 0.15) is 107 Å². The fourth-order valence-corrected chi connectivity index (χ4v) is 10.0. The van der Waals surface area contributed by atoms with Gasteiger partial charge in [-0.1, -0.05) is 46.3 Å². The summed E-state index contributed by atoms with van der Waals surface area (Å²) in [6, 6.07) is 0. The van der Waals surface area contributed by atoms with Crippen molar-refractivity contribution in [1.29, 1.82) is 0 Å². The molecule has 0 radical (unpaired) electrons. The summed E-state index contributed by atoms with van der Waals surface area (Å²) < 4.78 is 0. The van der Waals surface area contributed by atoms with E-state index in [0.717, 1.165) is 38.5 Å². The van der Waals surface area contributed by atoms with E-state index >= 15 is 0 Å². The summed E-state index contributed by atoms with van der Waals surface area (Å²) in [5.74, 6) is 0.610. The van der Waals surface area contributed by atoms with Crippen LogP contribution in [-0.4, -0.2) is 38.9 Å². The van der Waals surface area contributed by atoms with Crippen LogP contribution in [0.5, 0.6) is 0 Å². The number of hydrogen-bond acceptors (Lipinski definition) is 4. The lowest BCUT2D eigenvalue weighted by molar-refractivity contribution is -0.254. The first-order valence-electron chi connectivity index (χ1n) is 13.8. The first-order valence-corrected chi connectivity index (χ1v) is 13.8. The van der Waals surface area contributed by atoms with Gasteiger partial charge in [0, 0.05) is 17.3 Å². The highest BCUT2D eigenvalue weighted by Crippen LogP contribution is 2.75. The Morgan fingerprint density at radius 2 is 1.65 bits per heavy atom. The molecule has 4 rings (SSSR count). The molecule has 0 amide bonds. The number of rotatable bonds is 4. The van der Waals surface area contributed by atoms with Gasteiger partial charge in [0.1, 0.15) is 5.78 Å². The molecule has 194 valence electrons. The Hall–Kier alpha value is -0.710. The minimum absolute atomic E-state index is 0.0374. The Morgan fingerprint density at radius 1 is 1.03 bits per heavy atom. The van der Waals surface area contributed by atoms with E-state index in [1.54, 1.807) is 0 Å². The quantitative estimate of drug-likeness (QED) is 0.458. The number of fused-ring (bicyclic) bond motifs is 5. The predicted molar refractivity (Wildman–Crippen MR) is 136 cm³/mol. The maximum atomic E-state index is 12.9. The molecule has 0 aliphatic heterocycles. The zero-order valence-corrected chi connectivity index (χ0v) is 22.9. The maximum absolute atomic E-state index is 12.9. The molecule has 4 aliphatic rings. The Bertz CT molecular complexity index is 854. The van der Waals surface area contributed by atoms with E-state index < -0.39 is 23.2 Å². The molecule has 3 N–H and O–H groups in total. The van der Waals surface area contributed by atoms with Gasteiger partial charge in [-0.05, 0) is 100 Å². The number of ketones is 1. The highest BCUT2D eigenvalue weighted by molar-refractivity contribution is 5.86. The molecule has 4 saturated carbocycles.